The molecular formula is C15H27BrN4. The van der Waals surface area contributed by atoms with E-state index in [1.807, 2.05) is 0 Å². The Bertz CT molecular complexity index is 443. The van der Waals surface area contributed by atoms with Gasteiger partial charge in [0.2, 0.25) is 0 Å². The summed E-state index contributed by atoms with van der Waals surface area (Å²) in [6.07, 6.45) is 2.19. The lowest BCUT2D eigenvalue weighted by Crippen LogP contribution is -2.38. The van der Waals surface area contributed by atoms with Crippen molar-refractivity contribution in [2.45, 2.75) is 65.7 Å². The smallest absolute Gasteiger partial charge is 0.0767 e. The van der Waals surface area contributed by atoms with Gasteiger partial charge in [-0.05, 0) is 56.1 Å². The second kappa shape index (κ2) is 7.05. The normalized spacial score (nSPS) is 24.9. The zero-order chi connectivity index (χ0) is 14.7. The van der Waals surface area contributed by atoms with Crippen molar-refractivity contribution in [1.82, 2.24) is 20.0 Å². The van der Waals surface area contributed by atoms with Gasteiger partial charge in [0.15, 0.2) is 0 Å². The van der Waals surface area contributed by atoms with Gasteiger partial charge in [-0.1, -0.05) is 6.92 Å². The Morgan fingerprint density at radius 1 is 1.35 bits per heavy atom. The minimum Gasteiger partial charge on any atom is -0.313 e. The molecule has 114 valence electrons. The van der Waals surface area contributed by atoms with Gasteiger partial charge in [0.1, 0.15) is 0 Å². The molecule has 2 unspecified atom stereocenters. The minimum absolute atomic E-state index is 0.558. The zero-order valence-electron chi connectivity index (χ0n) is 13.1. The molecular weight excluding hydrogens is 316 g/mol. The van der Waals surface area contributed by atoms with Crippen molar-refractivity contribution in [3.8, 4) is 0 Å². The number of halogens is 1. The largest absolute Gasteiger partial charge is 0.313 e. The molecule has 0 radical (unpaired) electrons. The van der Waals surface area contributed by atoms with Crippen LogP contribution in [0.15, 0.2) is 4.47 Å². The molecule has 4 nitrogen and oxygen atoms in total. The van der Waals surface area contributed by atoms with Crippen LogP contribution < -0.4 is 5.32 Å². The molecule has 1 fully saturated rings. The summed E-state index contributed by atoms with van der Waals surface area (Å²) in [5, 5.41) is 8.28. The van der Waals surface area contributed by atoms with E-state index in [2.05, 4.69) is 58.5 Å². The molecule has 1 saturated heterocycles. The quantitative estimate of drug-likeness (QED) is 0.913. The van der Waals surface area contributed by atoms with Crippen LogP contribution in [0.2, 0.25) is 0 Å². The molecule has 0 aliphatic carbocycles. The van der Waals surface area contributed by atoms with Gasteiger partial charge in [0, 0.05) is 31.7 Å². The van der Waals surface area contributed by atoms with Crippen molar-refractivity contribution in [2.24, 2.45) is 0 Å². The second-order valence-corrected chi connectivity index (χ2v) is 6.59. The third kappa shape index (κ3) is 3.43. The first kappa shape index (κ1) is 16.0. The second-order valence-electron chi connectivity index (χ2n) is 5.80. The predicted molar refractivity (Wildman–Crippen MR) is 86.9 cm³/mol. The number of rotatable bonds is 4. The van der Waals surface area contributed by atoms with Crippen LogP contribution in [0.5, 0.6) is 0 Å². The summed E-state index contributed by atoms with van der Waals surface area (Å²) in [7, 11) is 0. The molecule has 1 aliphatic rings. The molecule has 1 N–H and O–H groups in total. The Balaban J connectivity index is 2.21. The van der Waals surface area contributed by atoms with Crippen LogP contribution in [0.25, 0.3) is 0 Å². The predicted octanol–water partition coefficient (Wildman–Crippen LogP) is 2.80. The van der Waals surface area contributed by atoms with Gasteiger partial charge in [-0.3, -0.25) is 9.58 Å². The lowest BCUT2D eigenvalue weighted by Gasteiger charge is -2.28. The lowest BCUT2D eigenvalue weighted by atomic mass is 10.2. The van der Waals surface area contributed by atoms with Crippen LogP contribution >= 0.6 is 15.9 Å². The average Bonchev–Trinajstić information content (AvgIpc) is 2.64. The summed E-state index contributed by atoms with van der Waals surface area (Å²) in [4.78, 5) is 2.58. The maximum Gasteiger partial charge on any atom is 0.0767 e. The van der Waals surface area contributed by atoms with Crippen LogP contribution in [0.3, 0.4) is 0 Å². The molecule has 0 saturated carbocycles. The van der Waals surface area contributed by atoms with Crippen molar-refractivity contribution in [3.63, 3.8) is 0 Å². The molecule has 2 heterocycles. The lowest BCUT2D eigenvalue weighted by molar-refractivity contribution is 0.193. The Labute approximate surface area is 131 Å². The van der Waals surface area contributed by atoms with E-state index in [4.69, 9.17) is 5.10 Å². The summed E-state index contributed by atoms with van der Waals surface area (Å²) in [5.74, 6) is 0. The Morgan fingerprint density at radius 2 is 2.10 bits per heavy atom. The van der Waals surface area contributed by atoms with Gasteiger partial charge < -0.3 is 5.32 Å². The molecule has 20 heavy (non-hydrogen) atoms. The fourth-order valence-corrected chi connectivity index (χ4v) is 3.59. The van der Waals surface area contributed by atoms with E-state index < -0.39 is 0 Å². The third-order valence-corrected chi connectivity index (χ3v) is 5.15. The highest BCUT2D eigenvalue weighted by atomic mass is 79.9. The molecule has 1 aromatic rings. The van der Waals surface area contributed by atoms with E-state index in [9.17, 15) is 0 Å². The molecule has 5 heteroatoms. The van der Waals surface area contributed by atoms with Crippen LogP contribution in [0.1, 0.15) is 45.5 Å². The molecule has 2 atom stereocenters. The number of hydrogen-bond donors (Lipinski definition) is 1. The number of nitrogens with zero attached hydrogens (tertiary/aromatic N) is 3. The monoisotopic (exact) mass is 342 g/mol. The van der Waals surface area contributed by atoms with Gasteiger partial charge in [-0.2, -0.15) is 5.10 Å². The first-order valence-corrected chi connectivity index (χ1v) is 8.57. The van der Waals surface area contributed by atoms with E-state index in [-0.39, 0.29) is 0 Å². The summed E-state index contributed by atoms with van der Waals surface area (Å²) in [5.41, 5.74) is 2.50. The molecule has 0 amide bonds. The average molecular weight is 343 g/mol. The van der Waals surface area contributed by atoms with Crippen molar-refractivity contribution >= 4 is 15.9 Å². The van der Waals surface area contributed by atoms with E-state index in [1.54, 1.807) is 0 Å². The third-order valence-electron chi connectivity index (χ3n) is 4.23. The highest BCUT2D eigenvalue weighted by molar-refractivity contribution is 9.10. The summed E-state index contributed by atoms with van der Waals surface area (Å²) >= 11 is 3.76. The Morgan fingerprint density at radius 3 is 2.75 bits per heavy atom. The number of aromatic nitrogens is 2. The summed E-state index contributed by atoms with van der Waals surface area (Å²) in [6.45, 7) is 13.1. The molecule has 2 rings (SSSR count). The summed E-state index contributed by atoms with van der Waals surface area (Å²) in [6, 6.07) is 1.17. The SMILES string of the molecule is CCc1nn(CC)c(CN2CC(C)NCCC2C)c1Br. The number of aryl methyl sites for hydroxylation is 2. The van der Waals surface area contributed by atoms with Gasteiger partial charge >= 0.3 is 0 Å². The van der Waals surface area contributed by atoms with Gasteiger partial charge in [-0.25, -0.2) is 0 Å². The summed E-state index contributed by atoms with van der Waals surface area (Å²) < 4.78 is 3.36. The van der Waals surface area contributed by atoms with Crippen molar-refractivity contribution in [2.75, 3.05) is 13.1 Å². The van der Waals surface area contributed by atoms with E-state index >= 15 is 0 Å². The first-order valence-electron chi connectivity index (χ1n) is 7.78. The topological polar surface area (TPSA) is 33.1 Å². The Hall–Kier alpha value is -0.390. The van der Waals surface area contributed by atoms with Crippen molar-refractivity contribution < 1.29 is 0 Å². The van der Waals surface area contributed by atoms with Gasteiger partial charge in [0.25, 0.3) is 0 Å². The molecule has 1 aromatic heterocycles. The van der Waals surface area contributed by atoms with Gasteiger partial charge in [-0.15, -0.1) is 0 Å². The van der Waals surface area contributed by atoms with Gasteiger partial charge in [0.05, 0.1) is 15.9 Å². The van der Waals surface area contributed by atoms with E-state index in [0.717, 1.165) is 32.6 Å². The van der Waals surface area contributed by atoms with Crippen LogP contribution in [0, 0.1) is 0 Å². The van der Waals surface area contributed by atoms with E-state index in [1.165, 1.54) is 22.3 Å². The highest BCUT2D eigenvalue weighted by Crippen LogP contribution is 2.25. The Kier molecular flexibility index (Phi) is 5.64. The molecule has 1 aliphatic heterocycles. The van der Waals surface area contributed by atoms with E-state index in [0.29, 0.717) is 12.1 Å². The highest BCUT2D eigenvalue weighted by Gasteiger charge is 2.23. The van der Waals surface area contributed by atoms with Crippen LogP contribution in [-0.2, 0) is 19.5 Å². The number of nitrogens with one attached hydrogen (secondary N) is 1. The maximum absolute atomic E-state index is 4.71. The zero-order valence-corrected chi connectivity index (χ0v) is 14.7. The first-order chi connectivity index (χ1) is 9.56. The molecule has 0 aromatic carbocycles. The standard InChI is InChI=1S/C15H27BrN4/c1-5-13-15(16)14(20(6-2)18-13)10-19-9-11(3)17-8-7-12(19)4/h11-12,17H,5-10H2,1-4H3. The fraction of sp³-hybridized carbons (Fsp3) is 0.800. The van der Waals surface area contributed by atoms with Crippen molar-refractivity contribution in [3.05, 3.63) is 15.9 Å². The van der Waals surface area contributed by atoms with Crippen LogP contribution in [0.4, 0.5) is 0 Å². The van der Waals surface area contributed by atoms with Crippen molar-refractivity contribution in [1.29, 1.82) is 0 Å². The molecule has 0 spiro atoms. The molecule has 0 bridgehead atoms. The number of hydrogen-bond acceptors (Lipinski definition) is 3. The fourth-order valence-electron chi connectivity index (χ4n) is 2.90. The van der Waals surface area contributed by atoms with Crippen LogP contribution in [-0.4, -0.2) is 39.9 Å². The minimum atomic E-state index is 0.558. The maximum atomic E-state index is 4.71.